The summed E-state index contributed by atoms with van der Waals surface area (Å²) < 4.78 is 0. The maximum atomic E-state index is 10.9. The molecule has 1 aromatic rings. The first-order valence-electron chi connectivity index (χ1n) is 3.64. The average Bonchev–Trinajstić information content (AvgIpc) is 2.64. The molecule has 0 unspecified atom stereocenters. The molecule has 0 aliphatic rings. The molecule has 0 radical (unpaired) electrons. The molecule has 5 heteroatoms. The standard InChI is InChI=1S/C8H8N4O/c9-3-4-11-8(13)2-1-7-5-10-6-12-7/h1-2,5-6H,4H2,(H,10,12)(H,11,13)/b2-1+. The number of hydrogen-bond acceptors (Lipinski definition) is 3. The van der Waals surface area contributed by atoms with Gasteiger partial charge in [0.1, 0.15) is 6.54 Å². The van der Waals surface area contributed by atoms with E-state index in [4.69, 9.17) is 5.26 Å². The van der Waals surface area contributed by atoms with Crippen LogP contribution in [-0.4, -0.2) is 22.4 Å². The molecule has 0 atom stereocenters. The minimum atomic E-state index is -0.295. The minimum Gasteiger partial charge on any atom is -0.345 e. The van der Waals surface area contributed by atoms with Crippen LogP contribution in [0.5, 0.6) is 0 Å². The van der Waals surface area contributed by atoms with Gasteiger partial charge in [0, 0.05) is 6.08 Å². The lowest BCUT2D eigenvalue weighted by Gasteiger charge is -1.91. The number of carbonyl (C=O) groups is 1. The third-order valence-corrected chi connectivity index (χ3v) is 1.28. The zero-order valence-corrected chi connectivity index (χ0v) is 6.82. The Labute approximate surface area is 75.1 Å². The first kappa shape index (κ1) is 9.00. The summed E-state index contributed by atoms with van der Waals surface area (Å²) in [6.07, 6.45) is 6.03. The molecule has 0 saturated heterocycles. The van der Waals surface area contributed by atoms with Crippen molar-refractivity contribution in [3.05, 3.63) is 24.3 Å². The van der Waals surface area contributed by atoms with Crippen LogP contribution in [0.1, 0.15) is 5.69 Å². The fourth-order valence-corrected chi connectivity index (χ4v) is 0.709. The molecule has 66 valence electrons. The summed E-state index contributed by atoms with van der Waals surface area (Å²) >= 11 is 0. The molecule has 0 saturated carbocycles. The zero-order chi connectivity index (χ0) is 9.52. The van der Waals surface area contributed by atoms with Crippen molar-refractivity contribution in [2.45, 2.75) is 0 Å². The molecular weight excluding hydrogens is 168 g/mol. The van der Waals surface area contributed by atoms with E-state index in [-0.39, 0.29) is 12.5 Å². The fourth-order valence-electron chi connectivity index (χ4n) is 0.709. The number of nitriles is 1. The summed E-state index contributed by atoms with van der Waals surface area (Å²) in [5.41, 5.74) is 0.743. The SMILES string of the molecule is N#CCNC(=O)/C=C/c1cnc[nH]1. The van der Waals surface area contributed by atoms with Gasteiger partial charge in [-0.25, -0.2) is 4.98 Å². The molecule has 0 aliphatic carbocycles. The highest BCUT2D eigenvalue weighted by Gasteiger charge is 1.92. The largest absolute Gasteiger partial charge is 0.345 e. The number of hydrogen-bond donors (Lipinski definition) is 2. The number of rotatable bonds is 3. The second kappa shape index (κ2) is 4.72. The number of nitrogens with zero attached hydrogens (tertiary/aromatic N) is 2. The number of nitrogens with one attached hydrogen (secondary N) is 2. The Morgan fingerprint density at radius 1 is 1.85 bits per heavy atom. The molecule has 1 amide bonds. The lowest BCUT2D eigenvalue weighted by Crippen LogP contribution is -2.20. The van der Waals surface area contributed by atoms with Gasteiger partial charge in [0.25, 0.3) is 0 Å². The van der Waals surface area contributed by atoms with Gasteiger partial charge in [-0.3, -0.25) is 4.79 Å². The minimum absolute atomic E-state index is 0.0200. The predicted octanol–water partition coefficient (Wildman–Crippen LogP) is 0.0627. The van der Waals surface area contributed by atoms with Crippen molar-refractivity contribution in [1.29, 1.82) is 5.26 Å². The quantitative estimate of drug-likeness (QED) is 0.504. The molecule has 2 N–H and O–H groups in total. The third-order valence-electron chi connectivity index (χ3n) is 1.28. The van der Waals surface area contributed by atoms with Crippen LogP contribution in [-0.2, 0) is 4.79 Å². The summed E-state index contributed by atoms with van der Waals surface area (Å²) in [6, 6.07) is 1.81. The average molecular weight is 176 g/mol. The summed E-state index contributed by atoms with van der Waals surface area (Å²) in [4.78, 5) is 17.5. The van der Waals surface area contributed by atoms with Gasteiger partial charge >= 0.3 is 0 Å². The number of aromatic nitrogens is 2. The van der Waals surface area contributed by atoms with E-state index in [2.05, 4.69) is 15.3 Å². The lowest BCUT2D eigenvalue weighted by molar-refractivity contribution is -0.116. The smallest absolute Gasteiger partial charge is 0.244 e. The molecule has 1 heterocycles. The Balaban J connectivity index is 2.41. The van der Waals surface area contributed by atoms with E-state index in [1.165, 1.54) is 12.4 Å². The van der Waals surface area contributed by atoms with E-state index >= 15 is 0 Å². The van der Waals surface area contributed by atoms with E-state index in [0.29, 0.717) is 0 Å². The van der Waals surface area contributed by atoms with Gasteiger partial charge in [-0.2, -0.15) is 5.26 Å². The summed E-state index contributed by atoms with van der Waals surface area (Å²) in [7, 11) is 0. The van der Waals surface area contributed by atoms with Crippen LogP contribution < -0.4 is 5.32 Å². The van der Waals surface area contributed by atoms with Crippen molar-refractivity contribution in [2.24, 2.45) is 0 Å². The molecule has 0 aliphatic heterocycles. The maximum Gasteiger partial charge on any atom is 0.244 e. The van der Waals surface area contributed by atoms with Crippen LogP contribution in [0, 0.1) is 11.3 Å². The van der Waals surface area contributed by atoms with E-state index < -0.39 is 0 Å². The number of aromatic amines is 1. The Kier molecular flexibility index (Phi) is 3.27. The number of imidazole rings is 1. The maximum absolute atomic E-state index is 10.9. The Hall–Kier alpha value is -2.09. The molecule has 0 fully saturated rings. The van der Waals surface area contributed by atoms with Crippen LogP contribution in [0.3, 0.4) is 0 Å². The molecule has 1 aromatic heterocycles. The highest BCUT2D eigenvalue weighted by molar-refractivity contribution is 5.91. The van der Waals surface area contributed by atoms with E-state index in [0.717, 1.165) is 5.69 Å². The zero-order valence-electron chi connectivity index (χ0n) is 6.82. The van der Waals surface area contributed by atoms with Gasteiger partial charge in [-0.1, -0.05) is 0 Å². The van der Waals surface area contributed by atoms with E-state index in [1.807, 2.05) is 0 Å². The fraction of sp³-hybridized carbons (Fsp3) is 0.125. The molecule has 5 nitrogen and oxygen atoms in total. The highest BCUT2D eigenvalue weighted by Crippen LogP contribution is 1.93. The van der Waals surface area contributed by atoms with Crippen LogP contribution >= 0.6 is 0 Å². The van der Waals surface area contributed by atoms with Crippen molar-refractivity contribution in [3.8, 4) is 6.07 Å². The van der Waals surface area contributed by atoms with Crippen molar-refractivity contribution in [3.63, 3.8) is 0 Å². The van der Waals surface area contributed by atoms with Crippen LogP contribution in [0.25, 0.3) is 6.08 Å². The molecule has 13 heavy (non-hydrogen) atoms. The Morgan fingerprint density at radius 3 is 3.31 bits per heavy atom. The first-order chi connectivity index (χ1) is 6.33. The van der Waals surface area contributed by atoms with Gasteiger partial charge in [0.05, 0.1) is 24.3 Å². The topological polar surface area (TPSA) is 81.6 Å². The van der Waals surface area contributed by atoms with Crippen LogP contribution in [0.2, 0.25) is 0 Å². The normalized spacial score (nSPS) is 9.77. The number of amides is 1. The number of H-pyrrole nitrogens is 1. The predicted molar refractivity (Wildman–Crippen MR) is 46.2 cm³/mol. The Morgan fingerprint density at radius 2 is 2.69 bits per heavy atom. The van der Waals surface area contributed by atoms with Crippen molar-refractivity contribution in [1.82, 2.24) is 15.3 Å². The summed E-state index contributed by atoms with van der Waals surface area (Å²) in [5, 5.41) is 10.5. The second-order valence-corrected chi connectivity index (χ2v) is 2.22. The molecule has 0 aromatic carbocycles. The Bertz CT molecular complexity index is 334. The van der Waals surface area contributed by atoms with Crippen molar-refractivity contribution < 1.29 is 4.79 Å². The third kappa shape index (κ3) is 3.20. The highest BCUT2D eigenvalue weighted by atomic mass is 16.1. The van der Waals surface area contributed by atoms with Crippen LogP contribution in [0.15, 0.2) is 18.6 Å². The van der Waals surface area contributed by atoms with Crippen molar-refractivity contribution >= 4 is 12.0 Å². The molecule has 0 spiro atoms. The number of carbonyl (C=O) groups excluding carboxylic acids is 1. The first-order valence-corrected chi connectivity index (χ1v) is 3.64. The van der Waals surface area contributed by atoms with Crippen molar-refractivity contribution in [2.75, 3.05) is 6.54 Å². The van der Waals surface area contributed by atoms with Gasteiger partial charge < -0.3 is 10.3 Å². The summed E-state index contributed by atoms with van der Waals surface area (Å²) in [6.45, 7) is 0.0200. The van der Waals surface area contributed by atoms with Gasteiger partial charge in [0.2, 0.25) is 5.91 Å². The van der Waals surface area contributed by atoms with E-state index in [9.17, 15) is 4.79 Å². The van der Waals surface area contributed by atoms with Gasteiger partial charge in [0.15, 0.2) is 0 Å². The van der Waals surface area contributed by atoms with Gasteiger partial charge in [-0.05, 0) is 6.08 Å². The molecular formula is C8H8N4O. The second-order valence-electron chi connectivity index (χ2n) is 2.22. The summed E-state index contributed by atoms with van der Waals surface area (Å²) in [5.74, 6) is -0.295. The monoisotopic (exact) mass is 176 g/mol. The molecule has 0 bridgehead atoms. The van der Waals surface area contributed by atoms with Crippen LogP contribution in [0.4, 0.5) is 0 Å². The van der Waals surface area contributed by atoms with Gasteiger partial charge in [-0.15, -0.1) is 0 Å². The lowest BCUT2D eigenvalue weighted by atomic mass is 10.4. The molecule has 1 rings (SSSR count). The van der Waals surface area contributed by atoms with E-state index in [1.54, 1.807) is 18.3 Å².